The summed E-state index contributed by atoms with van der Waals surface area (Å²) in [6, 6.07) is 0. The Morgan fingerprint density at radius 3 is 2.08 bits per heavy atom. The summed E-state index contributed by atoms with van der Waals surface area (Å²) in [5, 5.41) is 0. The molecule has 0 N–H and O–H groups in total. The van der Waals surface area contributed by atoms with Crippen LogP contribution in [0.4, 0.5) is 0 Å². The molecule has 0 aromatic heterocycles. The van der Waals surface area contributed by atoms with E-state index in [1.54, 1.807) is 0 Å². The van der Waals surface area contributed by atoms with E-state index in [1.807, 2.05) is 6.08 Å². The largest absolute Gasteiger partial charge is 0.0885 e. The van der Waals surface area contributed by atoms with Crippen molar-refractivity contribution < 1.29 is 0 Å². The van der Waals surface area contributed by atoms with E-state index in [-0.39, 0.29) is 0 Å². The lowest BCUT2D eigenvalue weighted by atomic mass is 10.1. The van der Waals surface area contributed by atoms with Crippen molar-refractivity contribution in [3.63, 3.8) is 0 Å². The van der Waals surface area contributed by atoms with Crippen molar-refractivity contribution >= 4 is 0 Å². The second-order valence-electron chi connectivity index (χ2n) is 3.38. The molecule has 0 heterocycles. The molecule has 0 heteroatoms. The quantitative estimate of drug-likeness (QED) is 0.466. The molecule has 0 aliphatic heterocycles. The summed E-state index contributed by atoms with van der Waals surface area (Å²) in [7, 11) is 0. The van der Waals surface area contributed by atoms with Crippen LogP contribution in [-0.2, 0) is 0 Å². The van der Waals surface area contributed by atoms with Gasteiger partial charge in [0.25, 0.3) is 0 Å². The summed E-state index contributed by atoms with van der Waals surface area (Å²) >= 11 is 0. The van der Waals surface area contributed by atoms with Crippen LogP contribution in [0.25, 0.3) is 0 Å². The summed E-state index contributed by atoms with van der Waals surface area (Å²) in [5.41, 5.74) is 0. The zero-order valence-electron chi connectivity index (χ0n) is 8.52. The lowest BCUT2D eigenvalue weighted by molar-refractivity contribution is 0.592. The molecule has 0 nitrogen and oxygen atoms in total. The Bertz CT molecular complexity index is 92.2. The summed E-state index contributed by atoms with van der Waals surface area (Å²) in [4.78, 5) is 0. The molecule has 0 aliphatic carbocycles. The molecule has 0 aliphatic rings. The van der Waals surface area contributed by atoms with E-state index in [0.717, 1.165) is 0 Å². The highest BCUT2D eigenvalue weighted by molar-refractivity contribution is 4.83. The van der Waals surface area contributed by atoms with Gasteiger partial charge >= 0.3 is 0 Å². The lowest BCUT2D eigenvalue weighted by Gasteiger charge is -1.98. The Hall–Kier alpha value is -0.260. The normalized spacial score (nSPS) is 11.2. The Kier molecular flexibility index (Phi) is 10.5. The summed E-state index contributed by atoms with van der Waals surface area (Å²) < 4.78 is 0. The van der Waals surface area contributed by atoms with E-state index in [1.165, 1.54) is 51.4 Å². The van der Waals surface area contributed by atoms with E-state index in [2.05, 4.69) is 19.9 Å². The standard InChI is InChI=1S/C12H23/c1-3-5-7-9-11-12-10-8-6-4-2/h3,5H,1,4,6-12H2,2H3. The van der Waals surface area contributed by atoms with Gasteiger partial charge in [0.05, 0.1) is 0 Å². The molecule has 0 saturated carbocycles. The number of hydrogen-bond donors (Lipinski definition) is 0. The average molecular weight is 167 g/mol. The van der Waals surface area contributed by atoms with Gasteiger partial charge in [-0.05, 0) is 19.8 Å². The highest BCUT2D eigenvalue weighted by Gasteiger charge is 1.88. The third-order valence-corrected chi connectivity index (χ3v) is 2.14. The molecule has 71 valence electrons. The van der Waals surface area contributed by atoms with Gasteiger partial charge in [-0.3, -0.25) is 0 Å². The zero-order valence-corrected chi connectivity index (χ0v) is 8.52. The molecule has 0 saturated heterocycles. The topological polar surface area (TPSA) is 0 Å². The van der Waals surface area contributed by atoms with Gasteiger partial charge in [0.15, 0.2) is 0 Å². The van der Waals surface area contributed by atoms with Crippen LogP contribution in [-0.4, -0.2) is 0 Å². The van der Waals surface area contributed by atoms with Gasteiger partial charge in [-0.2, -0.15) is 0 Å². The average Bonchev–Trinajstić information content (AvgIpc) is 2.10. The first kappa shape index (κ1) is 11.7. The monoisotopic (exact) mass is 167 g/mol. The van der Waals surface area contributed by atoms with Gasteiger partial charge < -0.3 is 0 Å². The molecule has 0 aromatic carbocycles. The fourth-order valence-electron chi connectivity index (χ4n) is 1.34. The first-order valence-electron chi connectivity index (χ1n) is 5.36. The number of hydrogen-bond acceptors (Lipinski definition) is 0. The lowest BCUT2D eigenvalue weighted by Crippen LogP contribution is -1.78. The van der Waals surface area contributed by atoms with Crippen LogP contribution in [0.2, 0.25) is 0 Å². The predicted molar refractivity (Wildman–Crippen MR) is 57.1 cm³/mol. The second-order valence-corrected chi connectivity index (χ2v) is 3.38. The Morgan fingerprint density at radius 1 is 0.917 bits per heavy atom. The third kappa shape index (κ3) is 9.74. The van der Waals surface area contributed by atoms with Crippen LogP contribution in [0.3, 0.4) is 0 Å². The Balaban J connectivity index is 2.81. The summed E-state index contributed by atoms with van der Waals surface area (Å²) in [5.74, 6) is 0. The number of rotatable bonds is 8. The minimum atomic E-state index is 1.22. The smallest absolute Gasteiger partial charge is 0.0316 e. The van der Waals surface area contributed by atoms with Crippen molar-refractivity contribution in [2.24, 2.45) is 0 Å². The predicted octanol–water partition coefficient (Wildman–Crippen LogP) is 4.52. The van der Waals surface area contributed by atoms with Crippen molar-refractivity contribution in [2.75, 3.05) is 0 Å². The van der Waals surface area contributed by atoms with Crippen molar-refractivity contribution in [1.29, 1.82) is 0 Å². The molecule has 0 unspecified atom stereocenters. The van der Waals surface area contributed by atoms with Gasteiger partial charge in [-0.1, -0.05) is 57.6 Å². The van der Waals surface area contributed by atoms with Crippen molar-refractivity contribution in [1.82, 2.24) is 0 Å². The molecule has 0 spiro atoms. The maximum atomic E-state index is 3.66. The fourth-order valence-corrected chi connectivity index (χ4v) is 1.34. The molecule has 1 radical (unpaired) electrons. The highest BCUT2D eigenvalue weighted by atomic mass is 13.9. The Labute approximate surface area is 78.1 Å². The minimum Gasteiger partial charge on any atom is -0.0885 e. The second kappa shape index (κ2) is 10.7. The first-order chi connectivity index (χ1) is 5.91. The molecular weight excluding hydrogens is 144 g/mol. The fraction of sp³-hybridized carbons (Fsp3) is 0.750. The maximum absolute atomic E-state index is 3.66. The van der Waals surface area contributed by atoms with Gasteiger partial charge in [0.1, 0.15) is 0 Å². The van der Waals surface area contributed by atoms with Crippen LogP contribution >= 0.6 is 0 Å². The molecule has 12 heavy (non-hydrogen) atoms. The van der Waals surface area contributed by atoms with Gasteiger partial charge in [-0.15, -0.1) is 0 Å². The minimum absolute atomic E-state index is 1.22. The maximum Gasteiger partial charge on any atom is -0.0316 e. The molecule has 0 atom stereocenters. The van der Waals surface area contributed by atoms with E-state index in [4.69, 9.17) is 0 Å². The van der Waals surface area contributed by atoms with Crippen molar-refractivity contribution in [3.05, 3.63) is 19.1 Å². The SMILES string of the molecule is [CH2]C=CCCCCCCCCC. The van der Waals surface area contributed by atoms with Crippen LogP contribution in [0, 0.1) is 6.92 Å². The van der Waals surface area contributed by atoms with Crippen molar-refractivity contribution in [3.8, 4) is 0 Å². The molecule has 0 rings (SSSR count). The highest BCUT2D eigenvalue weighted by Crippen LogP contribution is 2.08. The molecule has 0 amide bonds. The van der Waals surface area contributed by atoms with Gasteiger partial charge in [0, 0.05) is 0 Å². The van der Waals surface area contributed by atoms with Crippen molar-refractivity contribution in [2.45, 2.75) is 58.3 Å². The van der Waals surface area contributed by atoms with Gasteiger partial charge in [0.2, 0.25) is 0 Å². The van der Waals surface area contributed by atoms with E-state index in [9.17, 15) is 0 Å². The molecule has 0 aromatic rings. The van der Waals surface area contributed by atoms with Crippen LogP contribution in [0.1, 0.15) is 58.3 Å². The number of allylic oxidation sites excluding steroid dienone is 2. The molecule has 0 bridgehead atoms. The number of unbranched alkanes of at least 4 members (excludes halogenated alkanes) is 7. The molecule has 0 fully saturated rings. The third-order valence-electron chi connectivity index (χ3n) is 2.14. The first-order valence-corrected chi connectivity index (χ1v) is 5.36. The van der Waals surface area contributed by atoms with E-state index < -0.39 is 0 Å². The summed E-state index contributed by atoms with van der Waals surface area (Å²) in [6.45, 7) is 5.93. The van der Waals surface area contributed by atoms with E-state index >= 15 is 0 Å². The zero-order chi connectivity index (χ0) is 9.07. The van der Waals surface area contributed by atoms with Crippen LogP contribution in [0.15, 0.2) is 12.2 Å². The van der Waals surface area contributed by atoms with Crippen LogP contribution in [0.5, 0.6) is 0 Å². The summed E-state index contributed by atoms with van der Waals surface area (Å²) in [6.07, 6.45) is 15.1. The van der Waals surface area contributed by atoms with Crippen LogP contribution < -0.4 is 0 Å². The molecular formula is C12H23. The Morgan fingerprint density at radius 2 is 1.50 bits per heavy atom. The van der Waals surface area contributed by atoms with Gasteiger partial charge in [-0.25, -0.2) is 0 Å². The van der Waals surface area contributed by atoms with E-state index in [0.29, 0.717) is 0 Å².